The summed E-state index contributed by atoms with van der Waals surface area (Å²) in [6.07, 6.45) is 1.36. The van der Waals surface area contributed by atoms with Crippen molar-refractivity contribution in [2.45, 2.75) is 17.7 Å². The van der Waals surface area contributed by atoms with E-state index in [4.69, 9.17) is 11.6 Å². The lowest BCUT2D eigenvalue weighted by atomic mass is 9.97. The fourth-order valence-corrected chi connectivity index (χ4v) is 6.99. The minimum absolute atomic E-state index is 0.0409. The molecule has 2 saturated heterocycles. The van der Waals surface area contributed by atoms with Crippen LogP contribution >= 0.6 is 23.3 Å². The molecule has 0 aliphatic carbocycles. The lowest BCUT2D eigenvalue weighted by molar-refractivity contribution is -0.137. The number of benzene rings is 2. The minimum atomic E-state index is -3.76. The Balaban J connectivity index is 1.26. The summed E-state index contributed by atoms with van der Waals surface area (Å²) in [5, 5.41) is 0.701. The van der Waals surface area contributed by atoms with E-state index in [0.29, 0.717) is 48.5 Å². The van der Waals surface area contributed by atoms with Crippen LogP contribution in [0.1, 0.15) is 12.8 Å². The fraction of sp³-hybridized carbons (Fsp3) is 0.409. The van der Waals surface area contributed by atoms with Crippen LogP contribution < -0.4 is 4.90 Å². The summed E-state index contributed by atoms with van der Waals surface area (Å²) >= 11 is 6.98. The molecule has 0 spiro atoms. The van der Waals surface area contributed by atoms with Crippen molar-refractivity contribution >= 4 is 56.0 Å². The molecule has 3 aromatic rings. The number of nitrogens with zero attached hydrogens (tertiary/aromatic N) is 5. The van der Waals surface area contributed by atoms with Crippen molar-refractivity contribution in [2.75, 3.05) is 44.2 Å². The summed E-state index contributed by atoms with van der Waals surface area (Å²) in [5.74, 6) is -0.289. The number of rotatable bonds is 4. The number of halogens is 1. The molecule has 3 heterocycles. The fourth-order valence-electron chi connectivity index (χ4n) is 4.59. The average molecular weight is 506 g/mol. The van der Waals surface area contributed by atoms with Gasteiger partial charge in [-0.2, -0.15) is 13.1 Å². The zero-order valence-electron chi connectivity index (χ0n) is 17.9. The molecule has 1 amide bonds. The molecule has 33 heavy (non-hydrogen) atoms. The molecule has 2 fully saturated rings. The van der Waals surface area contributed by atoms with E-state index in [2.05, 4.69) is 13.6 Å². The Morgan fingerprint density at radius 1 is 1.00 bits per heavy atom. The van der Waals surface area contributed by atoms with Crippen molar-refractivity contribution < 1.29 is 13.2 Å². The number of amides is 1. The smallest absolute Gasteiger partial charge is 0.245 e. The lowest BCUT2D eigenvalue weighted by Gasteiger charge is -2.39. The van der Waals surface area contributed by atoms with E-state index in [1.54, 1.807) is 18.2 Å². The molecular formula is C22H24ClN5O3S2. The monoisotopic (exact) mass is 505 g/mol. The van der Waals surface area contributed by atoms with Crippen LogP contribution in [0.3, 0.4) is 0 Å². The van der Waals surface area contributed by atoms with Gasteiger partial charge in [0.05, 0.1) is 17.6 Å². The number of aromatic nitrogens is 2. The molecular weight excluding hydrogens is 482 g/mol. The van der Waals surface area contributed by atoms with Gasteiger partial charge in [-0.3, -0.25) is 4.79 Å². The first-order valence-corrected chi connectivity index (χ1v) is 13.5. The minimum Gasteiger partial charge on any atom is -0.368 e. The second-order valence-electron chi connectivity index (χ2n) is 8.38. The third kappa shape index (κ3) is 4.44. The predicted octanol–water partition coefficient (Wildman–Crippen LogP) is 3.09. The van der Waals surface area contributed by atoms with E-state index in [0.717, 1.165) is 30.5 Å². The molecule has 1 atom stereocenters. The summed E-state index contributed by atoms with van der Waals surface area (Å²) in [6, 6.07) is 12.7. The van der Waals surface area contributed by atoms with Gasteiger partial charge in [0.25, 0.3) is 0 Å². The lowest BCUT2D eigenvalue weighted by Crippen LogP contribution is -2.53. The first-order chi connectivity index (χ1) is 15.9. The van der Waals surface area contributed by atoms with Gasteiger partial charge in [-0.15, -0.1) is 0 Å². The maximum absolute atomic E-state index is 13.4. The van der Waals surface area contributed by atoms with Crippen LogP contribution in [0.2, 0.25) is 5.02 Å². The van der Waals surface area contributed by atoms with Crippen LogP contribution in [-0.4, -0.2) is 71.5 Å². The highest BCUT2D eigenvalue weighted by atomic mass is 35.5. The van der Waals surface area contributed by atoms with Gasteiger partial charge in [-0.05, 0) is 49.2 Å². The highest BCUT2D eigenvalue weighted by Crippen LogP contribution is 2.29. The molecule has 2 aromatic carbocycles. The van der Waals surface area contributed by atoms with Gasteiger partial charge in [0.2, 0.25) is 15.9 Å². The largest absolute Gasteiger partial charge is 0.368 e. The average Bonchev–Trinajstić information content (AvgIpc) is 3.33. The first-order valence-electron chi connectivity index (χ1n) is 10.9. The summed E-state index contributed by atoms with van der Waals surface area (Å²) in [5.41, 5.74) is 2.06. The molecule has 0 radical (unpaired) electrons. The van der Waals surface area contributed by atoms with E-state index in [9.17, 15) is 13.2 Å². The molecule has 1 aromatic heterocycles. The zero-order valence-corrected chi connectivity index (χ0v) is 20.3. The van der Waals surface area contributed by atoms with Gasteiger partial charge in [0.15, 0.2) is 0 Å². The summed E-state index contributed by atoms with van der Waals surface area (Å²) in [7, 11) is -3.76. The van der Waals surface area contributed by atoms with Crippen LogP contribution in [0.4, 0.5) is 5.69 Å². The third-order valence-corrected chi connectivity index (χ3v) is 9.07. The first kappa shape index (κ1) is 22.5. The van der Waals surface area contributed by atoms with Gasteiger partial charge < -0.3 is 9.80 Å². The molecule has 11 heteroatoms. The Kier molecular flexibility index (Phi) is 6.26. The van der Waals surface area contributed by atoms with Gasteiger partial charge in [-0.25, -0.2) is 8.42 Å². The molecule has 2 aliphatic heterocycles. The number of hydrogen-bond acceptors (Lipinski definition) is 7. The number of carbonyl (C=O) groups excluding carboxylic acids is 1. The van der Waals surface area contributed by atoms with Gasteiger partial charge in [0.1, 0.15) is 15.9 Å². The van der Waals surface area contributed by atoms with Crippen molar-refractivity contribution in [3.63, 3.8) is 0 Å². The Bertz CT molecular complexity index is 1260. The number of piperazine rings is 1. The van der Waals surface area contributed by atoms with E-state index in [-0.39, 0.29) is 23.3 Å². The van der Waals surface area contributed by atoms with Crippen molar-refractivity contribution in [1.82, 2.24) is 18.0 Å². The zero-order chi connectivity index (χ0) is 23.0. The normalized spacial score (nSPS) is 20.3. The highest BCUT2D eigenvalue weighted by Gasteiger charge is 2.36. The molecule has 0 bridgehead atoms. The Labute approximate surface area is 202 Å². The van der Waals surface area contributed by atoms with E-state index in [1.807, 2.05) is 29.2 Å². The summed E-state index contributed by atoms with van der Waals surface area (Å²) in [6.45, 7) is 3.32. The molecule has 0 saturated carbocycles. The second-order valence-corrected chi connectivity index (χ2v) is 11.3. The van der Waals surface area contributed by atoms with Crippen LogP contribution in [-0.2, 0) is 14.8 Å². The Hall–Kier alpha value is -2.27. The van der Waals surface area contributed by atoms with E-state index < -0.39 is 10.0 Å². The van der Waals surface area contributed by atoms with Crippen LogP contribution in [0.15, 0.2) is 47.4 Å². The number of anilines is 1. The standard InChI is InChI=1S/C22H24ClN5O3S2/c23-17-6-8-18(9-7-17)26-11-13-27(14-12-26)22(29)16-3-2-10-28(15-16)33(30,31)20-5-1-4-19-21(20)25-32-24-19/h1,4-9,16H,2-3,10-15H2/t16-/m0/s1. The van der Waals surface area contributed by atoms with E-state index in [1.165, 1.54) is 4.31 Å². The number of carbonyl (C=O) groups is 1. The Morgan fingerprint density at radius 2 is 1.76 bits per heavy atom. The van der Waals surface area contributed by atoms with Crippen LogP contribution in [0.25, 0.3) is 11.0 Å². The topological polar surface area (TPSA) is 86.7 Å². The maximum atomic E-state index is 13.4. The van der Waals surface area contributed by atoms with Crippen molar-refractivity contribution in [1.29, 1.82) is 0 Å². The molecule has 5 rings (SSSR count). The van der Waals surface area contributed by atoms with Gasteiger partial charge in [0, 0.05) is 50.0 Å². The molecule has 174 valence electrons. The molecule has 2 aliphatic rings. The van der Waals surface area contributed by atoms with Crippen LogP contribution in [0.5, 0.6) is 0 Å². The number of hydrogen-bond donors (Lipinski definition) is 0. The molecule has 0 unspecified atom stereocenters. The number of piperidine rings is 1. The second kappa shape index (κ2) is 9.17. The SMILES string of the molecule is O=C([C@H]1CCCN(S(=O)(=O)c2cccc3nsnc23)C1)N1CCN(c2ccc(Cl)cc2)CC1. The quantitative estimate of drug-likeness (QED) is 0.541. The maximum Gasteiger partial charge on any atom is 0.245 e. The van der Waals surface area contributed by atoms with E-state index >= 15 is 0 Å². The van der Waals surface area contributed by atoms with Crippen molar-refractivity contribution in [3.8, 4) is 0 Å². The number of sulfonamides is 1. The Morgan fingerprint density at radius 3 is 2.52 bits per heavy atom. The molecule has 0 N–H and O–H groups in total. The predicted molar refractivity (Wildman–Crippen MR) is 129 cm³/mol. The highest BCUT2D eigenvalue weighted by molar-refractivity contribution is 7.89. The summed E-state index contributed by atoms with van der Waals surface area (Å²) < 4.78 is 36.6. The van der Waals surface area contributed by atoms with Crippen molar-refractivity contribution in [2.24, 2.45) is 5.92 Å². The van der Waals surface area contributed by atoms with Crippen LogP contribution in [0, 0.1) is 5.92 Å². The molecule has 8 nitrogen and oxygen atoms in total. The van der Waals surface area contributed by atoms with Gasteiger partial charge >= 0.3 is 0 Å². The van der Waals surface area contributed by atoms with Gasteiger partial charge in [-0.1, -0.05) is 17.7 Å². The van der Waals surface area contributed by atoms with Crippen molar-refractivity contribution in [3.05, 3.63) is 47.5 Å². The number of fused-ring (bicyclic) bond motifs is 1. The summed E-state index contributed by atoms with van der Waals surface area (Å²) in [4.78, 5) is 17.5. The third-order valence-electron chi connectivity index (χ3n) is 6.38.